The molecule has 0 bridgehead atoms. The molecule has 19 heavy (non-hydrogen) atoms. The molecule has 0 aliphatic carbocycles. The molecule has 0 saturated carbocycles. The van der Waals surface area contributed by atoms with Gasteiger partial charge in [-0.2, -0.15) is 0 Å². The number of carbonyl (C=O) groups excluding carboxylic acids is 1. The van der Waals surface area contributed by atoms with Crippen molar-refractivity contribution in [1.29, 1.82) is 0 Å². The molecule has 0 aromatic rings. The fraction of sp³-hybridized carbons (Fsp3) is 0.600. The molecule has 0 rings (SSSR count). The Bertz CT molecular complexity index is 353. The highest BCUT2D eigenvalue weighted by Crippen LogP contribution is 1.98. The minimum Gasteiger partial charge on any atom is -0.385 e. The van der Waals surface area contributed by atoms with Crippen LogP contribution in [-0.2, 0) is 9.53 Å². The van der Waals surface area contributed by atoms with E-state index in [1.807, 2.05) is 26.8 Å². The molecule has 0 spiro atoms. The predicted molar refractivity (Wildman–Crippen MR) is 80.4 cm³/mol. The lowest BCUT2D eigenvalue weighted by Crippen LogP contribution is -2.33. The van der Waals surface area contributed by atoms with Crippen LogP contribution in [0.1, 0.15) is 33.6 Å². The molecule has 0 fully saturated rings. The first-order valence-corrected chi connectivity index (χ1v) is 6.65. The van der Waals surface area contributed by atoms with Crippen LogP contribution in [0, 0.1) is 0 Å². The largest absolute Gasteiger partial charge is 0.385 e. The zero-order valence-corrected chi connectivity index (χ0v) is 12.8. The van der Waals surface area contributed by atoms with Crippen LogP contribution in [0.4, 0.5) is 0 Å². The first kappa shape index (κ1) is 17.6. The summed E-state index contributed by atoms with van der Waals surface area (Å²) in [6, 6.07) is 0. The van der Waals surface area contributed by atoms with Gasteiger partial charge in [0.05, 0.1) is 0 Å². The van der Waals surface area contributed by atoms with Crippen LogP contribution in [0.25, 0.3) is 0 Å². The Hall–Kier alpha value is -1.42. The van der Waals surface area contributed by atoms with Gasteiger partial charge in [0.1, 0.15) is 5.71 Å². The van der Waals surface area contributed by atoms with Gasteiger partial charge in [0.25, 0.3) is 5.91 Å². The van der Waals surface area contributed by atoms with E-state index < -0.39 is 0 Å². The van der Waals surface area contributed by atoms with Crippen LogP contribution in [0.3, 0.4) is 0 Å². The van der Waals surface area contributed by atoms with E-state index in [2.05, 4.69) is 4.99 Å². The second kappa shape index (κ2) is 10.5. The Morgan fingerprint density at radius 2 is 2.05 bits per heavy atom. The molecule has 4 heteroatoms. The zero-order chi connectivity index (χ0) is 14.7. The minimum absolute atomic E-state index is 0.0571. The lowest BCUT2D eigenvalue weighted by Gasteiger charge is -2.16. The molecule has 0 atom stereocenters. The molecule has 108 valence electrons. The van der Waals surface area contributed by atoms with E-state index in [9.17, 15) is 4.79 Å². The van der Waals surface area contributed by atoms with Crippen molar-refractivity contribution in [2.75, 3.05) is 27.3 Å². The van der Waals surface area contributed by atoms with Gasteiger partial charge in [-0.3, -0.25) is 9.79 Å². The summed E-state index contributed by atoms with van der Waals surface area (Å²) in [5.41, 5.74) is 1.54. The Balaban J connectivity index is 4.75. The molecule has 0 aromatic carbocycles. The Morgan fingerprint density at radius 1 is 1.37 bits per heavy atom. The Morgan fingerprint density at radius 3 is 2.58 bits per heavy atom. The predicted octanol–water partition coefficient (Wildman–Crippen LogP) is 2.81. The fourth-order valence-corrected chi connectivity index (χ4v) is 1.34. The topological polar surface area (TPSA) is 41.9 Å². The Labute approximate surface area is 116 Å². The van der Waals surface area contributed by atoms with Gasteiger partial charge in [-0.25, -0.2) is 0 Å². The molecule has 0 aliphatic rings. The molecule has 0 aliphatic heterocycles. The number of allylic oxidation sites excluding steroid dienone is 2. The summed E-state index contributed by atoms with van der Waals surface area (Å²) in [4.78, 5) is 18.2. The second-order valence-electron chi connectivity index (χ2n) is 4.60. The highest BCUT2D eigenvalue weighted by Gasteiger charge is 2.13. The molecule has 0 N–H and O–H groups in total. The maximum Gasteiger partial charge on any atom is 0.272 e. The fourth-order valence-electron chi connectivity index (χ4n) is 1.34. The van der Waals surface area contributed by atoms with Gasteiger partial charge in [0.15, 0.2) is 0 Å². The summed E-state index contributed by atoms with van der Waals surface area (Å²) in [5.74, 6) is -0.0571. The van der Waals surface area contributed by atoms with E-state index in [0.717, 1.165) is 18.4 Å². The maximum absolute atomic E-state index is 12.2. The van der Waals surface area contributed by atoms with Crippen LogP contribution >= 0.6 is 0 Å². The summed E-state index contributed by atoms with van der Waals surface area (Å²) < 4.78 is 4.98. The van der Waals surface area contributed by atoms with Gasteiger partial charge in [0, 0.05) is 33.5 Å². The van der Waals surface area contributed by atoms with Crippen molar-refractivity contribution < 1.29 is 9.53 Å². The number of ether oxygens (including phenoxy) is 1. The number of hydrogen-bond acceptors (Lipinski definition) is 3. The average Bonchev–Trinajstić information content (AvgIpc) is 2.38. The van der Waals surface area contributed by atoms with Crippen LogP contribution in [-0.4, -0.2) is 43.8 Å². The quantitative estimate of drug-likeness (QED) is 0.501. The normalized spacial score (nSPS) is 11.7. The molecule has 0 radical (unpaired) electrons. The van der Waals surface area contributed by atoms with Gasteiger partial charge in [-0.1, -0.05) is 18.6 Å². The van der Waals surface area contributed by atoms with Crippen molar-refractivity contribution in [3.8, 4) is 0 Å². The molecule has 0 aromatic heterocycles. The summed E-state index contributed by atoms with van der Waals surface area (Å²) >= 11 is 0. The third-order valence-electron chi connectivity index (χ3n) is 2.38. The summed E-state index contributed by atoms with van der Waals surface area (Å²) in [5, 5.41) is 0. The van der Waals surface area contributed by atoms with E-state index in [0.29, 0.717) is 18.9 Å². The average molecular weight is 266 g/mol. The Kier molecular flexibility index (Phi) is 9.71. The van der Waals surface area contributed by atoms with Gasteiger partial charge in [-0.15, -0.1) is 0 Å². The van der Waals surface area contributed by atoms with E-state index in [1.165, 1.54) is 0 Å². The molecular formula is C15H26N2O2. The molecule has 0 unspecified atom stereocenters. The molecular weight excluding hydrogens is 240 g/mol. The highest BCUT2D eigenvalue weighted by atomic mass is 16.5. The molecule has 0 saturated heterocycles. The maximum atomic E-state index is 12.2. The number of aliphatic imine (C=N–C) groups is 1. The summed E-state index contributed by atoms with van der Waals surface area (Å²) in [6.07, 6.45) is 7.16. The van der Waals surface area contributed by atoms with Crippen molar-refractivity contribution >= 4 is 11.6 Å². The first-order valence-electron chi connectivity index (χ1n) is 6.65. The third-order valence-corrected chi connectivity index (χ3v) is 2.38. The third kappa shape index (κ3) is 8.32. The van der Waals surface area contributed by atoms with Crippen molar-refractivity contribution in [1.82, 2.24) is 4.90 Å². The summed E-state index contributed by atoms with van der Waals surface area (Å²) in [6.45, 7) is 7.26. The highest BCUT2D eigenvalue weighted by molar-refractivity contribution is 6.43. The van der Waals surface area contributed by atoms with Crippen LogP contribution in [0.5, 0.6) is 0 Å². The summed E-state index contributed by atoms with van der Waals surface area (Å²) in [7, 11) is 3.45. The van der Waals surface area contributed by atoms with Gasteiger partial charge < -0.3 is 9.64 Å². The smallest absolute Gasteiger partial charge is 0.272 e. The lowest BCUT2D eigenvalue weighted by atomic mass is 10.2. The lowest BCUT2D eigenvalue weighted by molar-refractivity contribution is -0.122. The van der Waals surface area contributed by atoms with Crippen LogP contribution in [0.2, 0.25) is 0 Å². The molecule has 0 heterocycles. The number of nitrogens with zero attached hydrogens (tertiary/aromatic N) is 2. The first-order chi connectivity index (χ1) is 9.02. The monoisotopic (exact) mass is 266 g/mol. The van der Waals surface area contributed by atoms with Crippen molar-refractivity contribution in [3.05, 3.63) is 23.9 Å². The molecule has 1 amide bonds. The van der Waals surface area contributed by atoms with E-state index >= 15 is 0 Å². The van der Waals surface area contributed by atoms with Gasteiger partial charge in [0.2, 0.25) is 0 Å². The van der Waals surface area contributed by atoms with E-state index in [4.69, 9.17) is 4.74 Å². The second-order valence-corrected chi connectivity index (χ2v) is 4.60. The zero-order valence-electron chi connectivity index (χ0n) is 12.8. The van der Waals surface area contributed by atoms with Gasteiger partial charge in [-0.05, 0) is 32.8 Å². The minimum atomic E-state index is -0.0571. The van der Waals surface area contributed by atoms with Crippen molar-refractivity contribution in [2.45, 2.75) is 33.6 Å². The number of carbonyl (C=O) groups is 1. The van der Waals surface area contributed by atoms with Crippen molar-refractivity contribution in [3.63, 3.8) is 0 Å². The standard InChI is InChI=1S/C15H26N2O2/c1-6-7-9-14(16-12-13(2)3)15(18)17(4)10-8-11-19-5/h7,9,12H,6,8,10-11H2,1-5H3. The van der Waals surface area contributed by atoms with E-state index in [-0.39, 0.29) is 5.91 Å². The van der Waals surface area contributed by atoms with Crippen molar-refractivity contribution in [2.24, 2.45) is 4.99 Å². The number of rotatable bonds is 8. The SMILES string of the molecule is CCC=CC(=NC=C(C)C)C(=O)N(C)CCCOC. The van der Waals surface area contributed by atoms with Crippen LogP contribution in [0.15, 0.2) is 28.9 Å². The number of amides is 1. The van der Waals surface area contributed by atoms with Gasteiger partial charge >= 0.3 is 0 Å². The van der Waals surface area contributed by atoms with Crippen LogP contribution < -0.4 is 0 Å². The number of methoxy groups -OCH3 is 1. The molecule has 4 nitrogen and oxygen atoms in total. The van der Waals surface area contributed by atoms with E-state index in [1.54, 1.807) is 31.3 Å². The number of hydrogen-bond donors (Lipinski definition) is 0.